The molecule has 0 atom stereocenters. The summed E-state index contributed by atoms with van der Waals surface area (Å²) >= 11 is 0. The zero-order chi connectivity index (χ0) is 13.5. The van der Waals surface area contributed by atoms with Gasteiger partial charge in [-0.1, -0.05) is 6.07 Å². The van der Waals surface area contributed by atoms with E-state index in [1.54, 1.807) is 13.2 Å². The van der Waals surface area contributed by atoms with E-state index in [0.717, 1.165) is 18.5 Å². The standard InChI is InChI=1S/C13H18FNO3/c1-15(6-3-7-18-2)9-10-4-5-11(13(16)17)12(14)8-10/h4-5,8H,3,6-7,9H2,1-2H3,(H,16,17). The van der Waals surface area contributed by atoms with Gasteiger partial charge in [0.2, 0.25) is 0 Å². The summed E-state index contributed by atoms with van der Waals surface area (Å²) in [7, 11) is 3.58. The highest BCUT2D eigenvalue weighted by molar-refractivity contribution is 5.87. The fourth-order valence-corrected chi connectivity index (χ4v) is 1.70. The minimum Gasteiger partial charge on any atom is -0.478 e. The van der Waals surface area contributed by atoms with Crippen LogP contribution >= 0.6 is 0 Å². The largest absolute Gasteiger partial charge is 0.478 e. The molecule has 1 aromatic rings. The topological polar surface area (TPSA) is 49.8 Å². The van der Waals surface area contributed by atoms with Crippen molar-refractivity contribution in [1.29, 1.82) is 0 Å². The van der Waals surface area contributed by atoms with Crippen LogP contribution in [0.1, 0.15) is 22.3 Å². The molecule has 0 aliphatic carbocycles. The molecule has 0 fully saturated rings. The quantitative estimate of drug-likeness (QED) is 0.757. The molecule has 0 saturated heterocycles. The Balaban J connectivity index is 2.57. The summed E-state index contributed by atoms with van der Waals surface area (Å²) in [5.74, 6) is -1.93. The number of ether oxygens (including phenoxy) is 1. The Bertz CT molecular complexity index is 409. The van der Waals surface area contributed by atoms with Gasteiger partial charge >= 0.3 is 5.97 Å². The van der Waals surface area contributed by atoms with E-state index < -0.39 is 11.8 Å². The van der Waals surface area contributed by atoms with Crippen LogP contribution in [0, 0.1) is 5.82 Å². The van der Waals surface area contributed by atoms with Crippen molar-refractivity contribution in [3.63, 3.8) is 0 Å². The Labute approximate surface area is 106 Å². The Morgan fingerprint density at radius 1 is 1.50 bits per heavy atom. The number of benzene rings is 1. The molecule has 0 aliphatic heterocycles. The summed E-state index contributed by atoms with van der Waals surface area (Å²) in [6.45, 7) is 2.12. The first-order chi connectivity index (χ1) is 8.54. The van der Waals surface area contributed by atoms with Crippen LogP contribution in [0.15, 0.2) is 18.2 Å². The molecule has 0 heterocycles. The fourth-order valence-electron chi connectivity index (χ4n) is 1.70. The molecule has 0 unspecified atom stereocenters. The first-order valence-electron chi connectivity index (χ1n) is 5.73. The molecule has 0 radical (unpaired) electrons. The molecular formula is C13H18FNO3. The van der Waals surface area contributed by atoms with Crippen molar-refractivity contribution in [2.75, 3.05) is 27.3 Å². The SMILES string of the molecule is COCCCN(C)Cc1ccc(C(=O)O)c(F)c1. The third kappa shape index (κ3) is 4.43. The number of carbonyl (C=O) groups is 1. The lowest BCUT2D eigenvalue weighted by molar-refractivity contribution is 0.0692. The van der Waals surface area contributed by atoms with Gasteiger partial charge in [0.05, 0.1) is 5.56 Å². The normalized spacial score (nSPS) is 10.9. The Morgan fingerprint density at radius 3 is 2.78 bits per heavy atom. The second-order valence-electron chi connectivity index (χ2n) is 4.20. The molecule has 1 N–H and O–H groups in total. The molecule has 100 valence electrons. The average molecular weight is 255 g/mol. The van der Waals surface area contributed by atoms with E-state index in [1.807, 2.05) is 11.9 Å². The Kier molecular flexibility index (Phi) is 5.74. The summed E-state index contributed by atoms with van der Waals surface area (Å²) in [5.41, 5.74) is 0.471. The summed E-state index contributed by atoms with van der Waals surface area (Å²) < 4.78 is 18.4. The van der Waals surface area contributed by atoms with Gasteiger partial charge in [-0.15, -0.1) is 0 Å². The van der Waals surface area contributed by atoms with E-state index in [2.05, 4.69) is 0 Å². The predicted octanol–water partition coefficient (Wildman–Crippen LogP) is 1.99. The molecular weight excluding hydrogens is 237 g/mol. The lowest BCUT2D eigenvalue weighted by atomic mass is 10.1. The molecule has 0 aromatic heterocycles. The second kappa shape index (κ2) is 7.08. The number of aromatic carboxylic acids is 1. The molecule has 4 nitrogen and oxygen atoms in total. The molecule has 18 heavy (non-hydrogen) atoms. The lowest BCUT2D eigenvalue weighted by Gasteiger charge is -2.16. The minimum absolute atomic E-state index is 0.291. The van der Waals surface area contributed by atoms with Crippen LogP contribution in [-0.2, 0) is 11.3 Å². The predicted molar refractivity (Wildman–Crippen MR) is 66.2 cm³/mol. The van der Waals surface area contributed by atoms with Crippen molar-refractivity contribution in [1.82, 2.24) is 4.90 Å². The van der Waals surface area contributed by atoms with Crippen molar-refractivity contribution in [2.24, 2.45) is 0 Å². The number of rotatable bonds is 7. The number of methoxy groups -OCH3 is 1. The van der Waals surface area contributed by atoms with Gasteiger partial charge in [-0.25, -0.2) is 9.18 Å². The van der Waals surface area contributed by atoms with Gasteiger partial charge in [-0.05, 0) is 31.2 Å². The highest BCUT2D eigenvalue weighted by Gasteiger charge is 2.10. The highest BCUT2D eigenvalue weighted by Crippen LogP contribution is 2.12. The van der Waals surface area contributed by atoms with Crippen molar-refractivity contribution in [3.05, 3.63) is 35.1 Å². The number of halogens is 1. The van der Waals surface area contributed by atoms with Crippen molar-refractivity contribution in [2.45, 2.75) is 13.0 Å². The summed E-state index contributed by atoms with van der Waals surface area (Å²) in [5, 5.41) is 8.72. The number of carboxylic acids is 1. The van der Waals surface area contributed by atoms with Gasteiger partial charge in [0.1, 0.15) is 5.82 Å². The second-order valence-corrected chi connectivity index (χ2v) is 4.20. The number of hydrogen-bond donors (Lipinski definition) is 1. The van der Waals surface area contributed by atoms with Gasteiger partial charge in [0.25, 0.3) is 0 Å². The zero-order valence-corrected chi connectivity index (χ0v) is 10.6. The van der Waals surface area contributed by atoms with Crippen LogP contribution < -0.4 is 0 Å². The minimum atomic E-state index is -1.24. The summed E-state index contributed by atoms with van der Waals surface area (Å²) in [6.07, 6.45) is 0.905. The first-order valence-corrected chi connectivity index (χ1v) is 5.73. The molecule has 0 aliphatic rings. The van der Waals surface area contributed by atoms with Crippen LogP contribution in [0.5, 0.6) is 0 Å². The van der Waals surface area contributed by atoms with Crippen molar-refractivity contribution >= 4 is 5.97 Å². The van der Waals surface area contributed by atoms with E-state index in [-0.39, 0.29) is 5.56 Å². The van der Waals surface area contributed by atoms with E-state index in [4.69, 9.17) is 9.84 Å². The molecule has 0 spiro atoms. The molecule has 1 aromatic carbocycles. The van der Waals surface area contributed by atoms with Crippen LogP contribution in [0.4, 0.5) is 4.39 Å². The maximum Gasteiger partial charge on any atom is 0.338 e. The lowest BCUT2D eigenvalue weighted by Crippen LogP contribution is -2.20. The average Bonchev–Trinajstić information content (AvgIpc) is 2.28. The van der Waals surface area contributed by atoms with Gasteiger partial charge in [0, 0.05) is 26.8 Å². The first kappa shape index (κ1) is 14.6. The third-order valence-corrected chi connectivity index (χ3v) is 2.60. The molecule has 0 amide bonds. The third-order valence-electron chi connectivity index (χ3n) is 2.60. The van der Waals surface area contributed by atoms with Crippen molar-refractivity contribution in [3.8, 4) is 0 Å². The van der Waals surface area contributed by atoms with Gasteiger partial charge in [-0.2, -0.15) is 0 Å². The number of nitrogens with zero attached hydrogens (tertiary/aromatic N) is 1. The zero-order valence-electron chi connectivity index (χ0n) is 10.6. The highest BCUT2D eigenvalue weighted by atomic mass is 19.1. The summed E-state index contributed by atoms with van der Waals surface area (Å²) in [4.78, 5) is 12.7. The van der Waals surface area contributed by atoms with E-state index in [1.165, 1.54) is 12.1 Å². The smallest absolute Gasteiger partial charge is 0.338 e. The molecule has 0 saturated carbocycles. The van der Waals surface area contributed by atoms with Crippen molar-refractivity contribution < 1.29 is 19.0 Å². The molecule has 1 rings (SSSR count). The van der Waals surface area contributed by atoms with Crippen LogP contribution in [0.2, 0.25) is 0 Å². The summed E-state index contributed by atoms with van der Waals surface area (Å²) in [6, 6.07) is 4.21. The van der Waals surface area contributed by atoms with E-state index >= 15 is 0 Å². The van der Waals surface area contributed by atoms with Gasteiger partial charge in [-0.3, -0.25) is 0 Å². The Morgan fingerprint density at radius 2 is 2.22 bits per heavy atom. The van der Waals surface area contributed by atoms with Crippen LogP contribution in [0.3, 0.4) is 0 Å². The number of carboxylic acid groups (broad SMARTS) is 1. The monoisotopic (exact) mass is 255 g/mol. The maximum absolute atomic E-state index is 13.4. The van der Waals surface area contributed by atoms with E-state index in [0.29, 0.717) is 13.2 Å². The Hall–Kier alpha value is -1.46. The van der Waals surface area contributed by atoms with Gasteiger partial charge in [0.15, 0.2) is 0 Å². The molecule has 5 heteroatoms. The van der Waals surface area contributed by atoms with Crippen LogP contribution in [-0.4, -0.2) is 43.3 Å². The van der Waals surface area contributed by atoms with E-state index in [9.17, 15) is 9.18 Å². The fraction of sp³-hybridized carbons (Fsp3) is 0.462. The van der Waals surface area contributed by atoms with Gasteiger partial charge < -0.3 is 14.7 Å². The molecule has 0 bridgehead atoms. The van der Waals surface area contributed by atoms with Crippen LogP contribution in [0.25, 0.3) is 0 Å². The number of hydrogen-bond acceptors (Lipinski definition) is 3. The maximum atomic E-state index is 13.4.